The first-order chi connectivity index (χ1) is 10.8. The van der Waals surface area contributed by atoms with Crippen LogP contribution in [0.15, 0.2) is 46.7 Å². The van der Waals surface area contributed by atoms with Crippen molar-refractivity contribution in [2.45, 2.75) is 23.8 Å². The van der Waals surface area contributed by atoms with Crippen LogP contribution in [0.4, 0.5) is 0 Å². The van der Waals surface area contributed by atoms with Gasteiger partial charge >= 0.3 is 0 Å². The highest BCUT2D eigenvalue weighted by Crippen LogP contribution is 2.35. The molecule has 1 atom stereocenters. The fourth-order valence-electron chi connectivity index (χ4n) is 2.74. The number of benzene rings is 1. The average Bonchev–Trinajstić information content (AvgIpc) is 3.23. The lowest BCUT2D eigenvalue weighted by atomic mass is 10.2. The molecule has 0 aliphatic carbocycles. The lowest BCUT2D eigenvalue weighted by Crippen LogP contribution is -2.31. The number of thioether (sulfide) groups is 1. The molecule has 1 unspecified atom stereocenters. The molecule has 1 aliphatic rings. The Bertz CT molecular complexity index is 610. The molecule has 0 N–H and O–H groups in total. The molecular formula is C17H19NO2S2. The van der Waals surface area contributed by atoms with Crippen molar-refractivity contribution in [1.82, 2.24) is 4.90 Å². The molecule has 1 saturated heterocycles. The van der Waals surface area contributed by atoms with Crippen LogP contribution in [0.25, 0.3) is 0 Å². The summed E-state index contributed by atoms with van der Waals surface area (Å²) < 4.78 is 5.15. The van der Waals surface area contributed by atoms with Crippen molar-refractivity contribution in [3.8, 4) is 5.75 Å². The SMILES string of the molecule is COc1ccc(SCC(=O)N2CCCC2c2cccs2)cc1. The minimum absolute atomic E-state index is 0.233. The van der Waals surface area contributed by atoms with Crippen LogP contribution >= 0.6 is 23.1 Å². The van der Waals surface area contributed by atoms with Crippen molar-refractivity contribution >= 4 is 29.0 Å². The number of amides is 1. The molecule has 22 heavy (non-hydrogen) atoms. The van der Waals surface area contributed by atoms with E-state index in [0.29, 0.717) is 5.75 Å². The third-order valence-corrected chi connectivity index (χ3v) is 5.84. The molecule has 0 saturated carbocycles. The number of likely N-dealkylation sites (tertiary alicyclic amines) is 1. The molecule has 5 heteroatoms. The summed E-state index contributed by atoms with van der Waals surface area (Å²) in [4.78, 5) is 17.0. The second-order valence-electron chi connectivity index (χ2n) is 5.22. The Morgan fingerprint density at radius 3 is 2.86 bits per heavy atom. The van der Waals surface area contributed by atoms with Crippen molar-refractivity contribution in [3.05, 3.63) is 46.7 Å². The maximum atomic E-state index is 12.5. The fraction of sp³-hybridized carbons (Fsp3) is 0.353. The van der Waals surface area contributed by atoms with Gasteiger partial charge in [0, 0.05) is 16.3 Å². The number of ether oxygens (including phenoxy) is 1. The van der Waals surface area contributed by atoms with Crippen molar-refractivity contribution in [2.24, 2.45) is 0 Å². The van der Waals surface area contributed by atoms with Gasteiger partial charge in [0.2, 0.25) is 5.91 Å². The van der Waals surface area contributed by atoms with Gasteiger partial charge in [-0.05, 0) is 48.6 Å². The fourth-order valence-corrected chi connectivity index (χ4v) is 4.40. The van der Waals surface area contributed by atoms with Gasteiger partial charge in [-0.3, -0.25) is 4.79 Å². The number of carbonyl (C=O) groups is 1. The van der Waals surface area contributed by atoms with Crippen LogP contribution in [0.1, 0.15) is 23.8 Å². The van der Waals surface area contributed by atoms with Crippen LogP contribution in [0.5, 0.6) is 5.75 Å². The van der Waals surface area contributed by atoms with Crippen molar-refractivity contribution in [2.75, 3.05) is 19.4 Å². The number of hydrogen-bond acceptors (Lipinski definition) is 4. The molecule has 0 bridgehead atoms. The summed E-state index contributed by atoms with van der Waals surface area (Å²) >= 11 is 3.34. The van der Waals surface area contributed by atoms with Crippen LogP contribution in [0, 0.1) is 0 Å². The maximum Gasteiger partial charge on any atom is 0.233 e. The van der Waals surface area contributed by atoms with Gasteiger partial charge < -0.3 is 9.64 Å². The van der Waals surface area contributed by atoms with Gasteiger partial charge in [-0.15, -0.1) is 23.1 Å². The summed E-state index contributed by atoms with van der Waals surface area (Å²) in [6, 6.07) is 12.3. The zero-order chi connectivity index (χ0) is 15.4. The first-order valence-corrected chi connectivity index (χ1v) is 9.24. The van der Waals surface area contributed by atoms with Gasteiger partial charge in [-0.1, -0.05) is 6.07 Å². The molecule has 1 amide bonds. The minimum atomic E-state index is 0.233. The Hall–Kier alpha value is -1.46. The number of methoxy groups -OCH3 is 1. The third-order valence-electron chi connectivity index (χ3n) is 3.87. The highest BCUT2D eigenvalue weighted by molar-refractivity contribution is 8.00. The Labute approximate surface area is 139 Å². The predicted molar refractivity (Wildman–Crippen MR) is 91.7 cm³/mol. The molecule has 1 aromatic carbocycles. The topological polar surface area (TPSA) is 29.5 Å². The van der Waals surface area contributed by atoms with Crippen molar-refractivity contribution in [3.63, 3.8) is 0 Å². The number of hydrogen-bond donors (Lipinski definition) is 0. The number of nitrogens with zero attached hydrogens (tertiary/aromatic N) is 1. The molecular weight excluding hydrogens is 314 g/mol. The second-order valence-corrected chi connectivity index (χ2v) is 7.25. The molecule has 116 valence electrons. The lowest BCUT2D eigenvalue weighted by molar-refractivity contribution is -0.129. The smallest absolute Gasteiger partial charge is 0.233 e. The second kappa shape index (κ2) is 7.20. The van der Waals surface area contributed by atoms with E-state index in [4.69, 9.17) is 4.74 Å². The van der Waals surface area contributed by atoms with E-state index >= 15 is 0 Å². The van der Waals surface area contributed by atoms with Crippen molar-refractivity contribution < 1.29 is 9.53 Å². The third kappa shape index (κ3) is 3.47. The summed E-state index contributed by atoms with van der Waals surface area (Å²) in [6.45, 7) is 0.880. The van der Waals surface area contributed by atoms with Gasteiger partial charge in [0.1, 0.15) is 5.75 Å². The van der Waals surface area contributed by atoms with E-state index in [9.17, 15) is 4.79 Å². The molecule has 1 aliphatic heterocycles. The molecule has 3 rings (SSSR count). The van der Waals surface area contributed by atoms with Crippen LogP contribution in [0.3, 0.4) is 0 Å². The van der Waals surface area contributed by atoms with E-state index in [-0.39, 0.29) is 11.9 Å². The standard InChI is InChI=1S/C17H19NO2S2/c1-20-13-6-8-14(9-7-13)22-12-17(19)18-10-2-4-15(18)16-5-3-11-21-16/h3,5-9,11,15H,2,4,10,12H2,1H3. The van der Waals surface area contributed by atoms with E-state index in [1.54, 1.807) is 30.2 Å². The summed E-state index contributed by atoms with van der Waals surface area (Å²) in [5.41, 5.74) is 0. The largest absolute Gasteiger partial charge is 0.497 e. The summed E-state index contributed by atoms with van der Waals surface area (Å²) in [7, 11) is 1.66. The molecule has 1 fully saturated rings. The monoisotopic (exact) mass is 333 g/mol. The first-order valence-electron chi connectivity index (χ1n) is 7.37. The van der Waals surface area contributed by atoms with Crippen LogP contribution in [-0.2, 0) is 4.79 Å². The lowest BCUT2D eigenvalue weighted by Gasteiger charge is -2.23. The van der Waals surface area contributed by atoms with Gasteiger partial charge in [-0.25, -0.2) is 0 Å². The summed E-state index contributed by atoms with van der Waals surface area (Å²) in [5, 5.41) is 2.09. The average molecular weight is 333 g/mol. The molecule has 2 heterocycles. The van der Waals surface area contributed by atoms with Gasteiger partial charge in [0.15, 0.2) is 0 Å². The summed E-state index contributed by atoms with van der Waals surface area (Å²) in [5.74, 6) is 1.57. The molecule has 1 aromatic heterocycles. The first kappa shape index (κ1) is 15.4. The quantitative estimate of drug-likeness (QED) is 0.768. The highest BCUT2D eigenvalue weighted by Gasteiger charge is 2.30. The normalized spacial score (nSPS) is 17.7. The van der Waals surface area contributed by atoms with E-state index in [1.165, 1.54) is 4.88 Å². The zero-order valence-electron chi connectivity index (χ0n) is 12.5. The molecule has 3 nitrogen and oxygen atoms in total. The predicted octanol–water partition coefficient (Wildman–Crippen LogP) is 4.21. The van der Waals surface area contributed by atoms with E-state index in [1.807, 2.05) is 29.2 Å². The van der Waals surface area contributed by atoms with Gasteiger partial charge in [-0.2, -0.15) is 0 Å². The van der Waals surface area contributed by atoms with E-state index in [2.05, 4.69) is 17.5 Å². The van der Waals surface area contributed by atoms with Crippen molar-refractivity contribution in [1.29, 1.82) is 0 Å². The van der Waals surface area contributed by atoms with E-state index < -0.39 is 0 Å². The minimum Gasteiger partial charge on any atom is -0.497 e. The Morgan fingerprint density at radius 2 is 2.18 bits per heavy atom. The Kier molecular flexibility index (Phi) is 5.05. The molecule has 0 radical (unpaired) electrons. The number of thiophene rings is 1. The van der Waals surface area contributed by atoms with Crippen LogP contribution in [0.2, 0.25) is 0 Å². The van der Waals surface area contributed by atoms with Crippen LogP contribution < -0.4 is 4.74 Å². The Morgan fingerprint density at radius 1 is 1.36 bits per heavy atom. The van der Waals surface area contributed by atoms with Gasteiger partial charge in [0.25, 0.3) is 0 Å². The van der Waals surface area contributed by atoms with Crippen LogP contribution in [-0.4, -0.2) is 30.2 Å². The molecule has 2 aromatic rings. The molecule has 0 spiro atoms. The number of carbonyl (C=O) groups excluding carboxylic acids is 1. The van der Waals surface area contributed by atoms with Gasteiger partial charge in [0.05, 0.1) is 18.9 Å². The van der Waals surface area contributed by atoms with E-state index in [0.717, 1.165) is 30.0 Å². The Balaban J connectivity index is 1.59. The maximum absolute atomic E-state index is 12.5. The highest BCUT2D eigenvalue weighted by atomic mass is 32.2. The zero-order valence-corrected chi connectivity index (χ0v) is 14.2. The summed E-state index contributed by atoms with van der Waals surface area (Å²) in [6.07, 6.45) is 2.18. The number of rotatable bonds is 5.